The second kappa shape index (κ2) is 4.68. The van der Waals surface area contributed by atoms with Crippen LogP contribution in [0.5, 0.6) is 0 Å². The van der Waals surface area contributed by atoms with Crippen molar-refractivity contribution in [3.05, 3.63) is 29.8 Å². The molecule has 3 nitrogen and oxygen atoms in total. The van der Waals surface area contributed by atoms with Crippen molar-refractivity contribution < 1.29 is 9.23 Å². The van der Waals surface area contributed by atoms with Crippen molar-refractivity contribution in [3.8, 4) is 0 Å². The second-order valence-electron chi connectivity index (χ2n) is 4.49. The summed E-state index contributed by atoms with van der Waals surface area (Å²) in [5.74, 6) is -0.336. The number of pyridine rings is 1. The van der Waals surface area contributed by atoms with Gasteiger partial charge in [-0.15, -0.1) is 0 Å². The first-order valence-corrected chi connectivity index (χ1v) is 4.92. The predicted octanol–water partition coefficient (Wildman–Crippen LogP) is 2.60. The number of nitrogens with zero attached hydrogens (tertiary/aromatic N) is 1. The van der Waals surface area contributed by atoms with Gasteiger partial charge >= 0.3 is 0 Å². The van der Waals surface area contributed by atoms with Gasteiger partial charge in [-0.25, -0.2) is 4.39 Å². The van der Waals surface area contributed by atoms with Crippen LogP contribution >= 0.6 is 0 Å². The summed E-state index contributed by atoms with van der Waals surface area (Å²) in [6.45, 7) is 7.71. The largest absolute Gasteiger partial charge is 0.296 e. The molecule has 84 valence electrons. The maximum Gasteiger partial charge on any atom is 0.141 e. The standard InChI is InChI=1S/C11H17FN2O/c1-8(14-15-11(2,3)4)9-5-10(12)7-13-6-9/h5-8,14H,1-4H3. The van der Waals surface area contributed by atoms with Crippen molar-refractivity contribution >= 4 is 0 Å². The van der Waals surface area contributed by atoms with Crippen LogP contribution in [0, 0.1) is 5.82 Å². The van der Waals surface area contributed by atoms with Crippen molar-refractivity contribution in [2.45, 2.75) is 39.3 Å². The molecular formula is C11H17FN2O. The number of hydrogen-bond donors (Lipinski definition) is 1. The van der Waals surface area contributed by atoms with Gasteiger partial charge in [-0.1, -0.05) is 0 Å². The first kappa shape index (κ1) is 12.1. The third kappa shape index (κ3) is 4.36. The van der Waals surface area contributed by atoms with Gasteiger partial charge in [-0.3, -0.25) is 9.82 Å². The summed E-state index contributed by atoms with van der Waals surface area (Å²) in [6.07, 6.45) is 2.80. The summed E-state index contributed by atoms with van der Waals surface area (Å²) in [5.41, 5.74) is 3.35. The Bertz CT molecular complexity index is 323. The van der Waals surface area contributed by atoms with E-state index in [1.165, 1.54) is 12.3 Å². The van der Waals surface area contributed by atoms with Gasteiger partial charge < -0.3 is 0 Å². The molecule has 1 aromatic heterocycles. The van der Waals surface area contributed by atoms with E-state index in [4.69, 9.17) is 4.84 Å². The lowest BCUT2D eigenvalue weighted by Gasteiger charge is -2.23. The van der Waals surface area contributed by atoms with Crippen LogP contribution in [0.4, 0.5) is 4.39 Å². The highest BCUT2D eigenvalue weighted by Crippen LogP contribution is 2.14. The van der Waals surface area contributed by atoms with E-state index in [1.807, 2.05) is 27.7 Å². The molecule has 0 saturated carbocycles. The van der Waals surface area contributed by atoms with E-state index in [0.29, 0.717) is 0 Å². The Balaban J connectivity index is 2.58. The van der Waals surface area contributed by atoms with E-state index in [-0.39, 0.29) is 17.5 Å². The Morgan fingerprint density at radius 2 is 2.07 bits per heavy atom. The quantitative estimate of drug-likeness (QED) is 0.782. The van der Waals surface area contributed by atoms with Crippen molar-refractivity contribution in [2.24, 2.45) is 0 Å². The topological polar surface area (TPSA) is 34.1 Å². The predicted molar refractivity (Wildman–Crippen MR) is 56.6 cm³/mol. The summed E-state index contributed by atoms with van der Waals surface area (Å²) in [6, 6.07) is 1.35. The van der Waals surface area contributed by atoms with Crippen molar-refractivity contribution in [1.29, 1.82) is 0 Å². The minimum absolute atomic E-state index is 0.0903. The fourth-order valence-corrected chi connectivity index (χ4v) is 0.998. The average Bonchev–Trinajstić information content (AvgIpc) is 2.13. The molecule has 0 aliphatic carbocycles. The molecule has 0 fully saturated rings. The van der Waals surface area contributed by atoms with Crippen molar-refractivity contribution in [3.63, 3.8) is 0 Å². The van der Waals surface area contributed by atoms with Gasteiger partial charge in [-0.2, -0.15) is 5.48 Å². The molecule has 0 bridgehead atoms. The maximum absolute atomic E-state index is 12.9. The third-order valence-electron chi connectivity index (χ3n) is 1.77. The smallest absolute Gasteiger partial charge is 0.141 e. The maximum atomic E-state index is 12.9. The first-order chi connectivity index (χ1) is 6.88. The van der Waals surface area contributed by atoms with Gasteiger partial charge in [0.1, 0.15) is 5.82 Å². The SMILES string of the molecule is CC(NOC(C)(C)C)c1cncc(F)c1. The molecule has 0 aliphatic rings. The summed E-state index contributed by atoms with van der Waals surface area (Å²) < 4.78 is 12.9. The van der Waals surface area contributed by atoms with Gasteiger partial charge in [0, 0.05) is 6.20 Å². The molecule has 0 aromatic carbocycles. The zero-order chi connectivity index (χ0) is 11.5. The molecule has 0 spiro atoms. The number of hydrogen-bond acceptors (Lipinski definition) is 3. The molecule has 1 rings (SSSR count). The Morgan fingerprint density at radius 1 is 1.40 bits per heavy atom. The summed E-state index contributed by atoms with van der Waals surface area (Å²) >= 11 is 0. The number of aromatic nitrogens is 1. The Hall–Kier alpha value is -1.00. The average molecular weight is 212 g/mol. The molecule has 0 saturated heterocycles. The lowest BCUT2D eigenvalue weighted by molar-refractivity contribution is -0.0866. The molecule has 1 aromatic rings. The highest BCUT2D eigenvalue weighted by atomic mass is 19.1. The summed E-state index contributed by atoms with van der Waals surface area (Å²) in [7, 11) is 0. The van der Waals surface area contributed by atoms with Crippen molar-refractivity contribution in [2.75, 3.05) is 0 Å². The van der Waals surface area contributed by atoms with E-state index in [1.54, 1.807) is 6.20 Å². The minimum Gasteiger partial charge on any atom is -0.296 e. The van der Waals surface area contributed by atoms with Crippen LogP contribution in [0.1, 0.15) is 39.3 Å². The van der Waals surface area contributed by atoms with Crippen LogP contribution in [0.2, 0.25) is 0 Å². The van der Waals surface area contributed by atoms with Crippen LogP contribution in [0.3, 0.4) is 0 Å². The number of rotatable bonds is 3. The normalized spacial score (nSPS) is 13.9. The molecule has 1 unspecified atom stereocenters. The fourth-order valence-electron chi connectivity index (χ4n) is 0.998. The number of nitrogens with one attached hydrogen (secondary N) is 1. The monoisotopic (exact) mass is 212 g/mol. The van der Waals surface area contributed by atoms with Crippen LogP contribution in [0.25, 0.3) is 0 Å². The van der Waals surface area contributed by atoms with Gasteiger partial charge in [0.2, 0.25) is 0 Å². The second-order valence-corrected chi connectivity index (χ2v) is 4.49. The van der Waals surface area contributed by atoms with Crippen LogP contribution in [-0.2, 0) is 4.84 Å². The molecule has 15 heavy (non-hydrogen) atoms. The zero-order valence-electron chi connectivity index (χ0n) is 9.54. The van der Waals surface area contributed by atoms with Crippen LogP contribution in [0.15, 0.2) is 18.5 Å². The van der Waals surface area contributed by atoms with Crippen LogP contribution < -0.4 is 5.48 Å². The Labute approximate surface area is 89.6 Å². The number of hydroxylamine groups is 1. The van der Waals surface area contributed by atoms with E-state index in [9.17, 15) is 4.39 Å². The van der Waals surface area contributed by atoms with E-state index in [2.05, 4.69) is 10.5 Å². The molecule has 1 atom stereocenters. The summed E-state index contributed by atoms with van der Waals surface area (Å²) in [5, 5.41) is 0. The van der Waals surface area contributed by atoms with Gasteiger partial charge in [0.05, 0.1) is 17.8 Å². The van der Waals surface area contributed by atoms with Crippen molar-refractivity contribution in [1.82, 2.24) is 10.5 Å². The Kier molecular flexibility index (Phi) is 3.77. The van der Waals surface area contributed by atoms with E-state index >= 15 is 0 Å². The highest BCUT2D eigenvalue weighted by Gasteiger charge is 2.13. The highest BCUT2D eigenvalue weighted by molar-refractivity contribution is 5.13. The van der Waals surface area contributed by atoms with Gasteiger partial charge in [0.25, 0.3) is 0 Å². The number of halogens is 1. The first-order valence-electron chi connectivity index (χ1n) is 4.92. The van der Waals surface area contributed by atoms with Gasteiger partial charge in [0.15, 0.2) is 0 Å². The molecule has 1 N–H and O–H groups in total. The molecule has 0 amide bonds. The van der Waals surface area contributed by atoms with Crippen LogP contribution in [-0.4, -0.2) is 10.6 Å². The van der Waals surface area contributed by atoms with E-state index < -0.39 is 0 Å². The zero-order valence-corrected chi connectivity index (χ0v) is 9.54. The summed E-state index contributed by atoms with van der Waals surface area (Å²) in [4.78, 5) is 9.16. The molecule has 0 aliphatic heterocycles. The molecular weight excluding hydrogens is 195 g/mol. The molecule has 4 heteroatoms. The fraction of sp³-hybridized carbons (Fsp3) is 0.545. The Morgan fingerprint density at radius 3 is 2.60 bits per heavy atom. The van der Waals surface area contributed by atoms with E-state index in [0.717, 1.165) is 5.56 Å². The lowest BCUT2D eigenvalue weighted by atomic mass is 10.1. The van der Waals surface area contributed by atoms with Gasteiger partial charge in [-0.05, 0) is 39.3 Å². The molecule has 1 heterocycles. The third-order valence-corrected chi connectivity index (χ3v) is 1.77. The molecule has 0 radical (unpaired) electrons. The lowest BCUT2D eigenvalue weighted by Crippen LogP contribution is -2.31. The minimum atomic E-state index is -0.336.